The molecule has 0 N–H and O–H groups in total. The van der Waals surface area contributed by atoms with Gasteiger partial charge in [0.25, 0.3) is 0 Å². The first-order valence-electron chi connectivity index (χ1n) is 9.81. The highest BCUT2D eigenvalue weighted by molar-refractivity contribution is 6.30. The maximum atomic E-state index is 12.6. The summed E-state index contributed by atoms with van der Waals surface area (Å²) in [6.45, 7) is 1.04. The molecule has 154 valence electrons. The number of ether oxygens (including phenoxy) is 1. The van der Waals surface area contributed by atoms with E-state index in [1.54, 1.807) is 12.1 Å². The Morgan fingerprint density at radius 1 is 1.10 bits per heavy atom. The van der Waals surface area contributed by atoms with Crippen LogP contribution in [0.4, 0.5) is 14.5 Å². The molecule has 2 heterocycles. The minimum absolute atomic E-state index is 0.142. The third-order valence-electron chi connectivity index (χ3n) is 5.91. The van der Waals surface area contributed by atoms with Gasteiger partial charge in [-0.1, -0.05) is 23.7 Å². The van der Waals surface area contributed by atoms with Crippen molar-refractivity contribution in [2.24, 2.45) is 0 Å². The quantitative estimate of drug-likeness (QED) is 0.678. The van der Waals surface area contributed by atoms with Crippen LogP contribution in [0.15, 0.2) is 42.5 Å². The van der Waals surface area contributed by atoms with Crippen molar-refractivity contribution in [3.05, 3.63) is 58.6 Å². The number of carbonyl (C=O) groups excluding carboxylic acids is 1. The van der Waals surface area contributed by atoms with Crippen molar-refractivity contribution in [3.8, 4) is 5.75 Å². The Bertz CT molecular complexity index is 883. The van der Waals surface area contributed by atoms with Gasteiger partial charge in [0.1, 0.15) is 5.75 Å². The molecule has 1 atom stereocenters. The lowest BCUT2D eigenvalue weighted by molar-refractivity contribution is -0.118. The minimum atomic E-state index is -2.81. The van der Waals surface area contributed by atoms with E-state index in [1.165, 1.54) is 0 Å². The van der Waals surface area contributed by atoms with Crippen molar-refractivity contribution in [2.45, 2.75) is 44.9 Å². The van der Waals surface area contributed by atoms with Crippen LogP contribution in [0.5, 0.6) is 5.75 Å². The van der Waals surface area contributed by atoms with Gasteiger partial charge in [-0.3, -0.25) is 9.69 Å². The van der Waals surface area contributed by atoms with Gasteiger partial charge in [0.05, 0.1) is 6.42 Å². The van der Waals surface area contributed by atoms with Crippen molar-refractivity contribution in [2.75, 3.05) is 18.0 Å². The van der Waals surface area contributed by atoms with Gasteiger partial charge in [-0.2, -0.15) is 8.78 Å². The molecule has 0 radical (unpaired) electrons. The maximum Gasteiger partial charge on any atom is 0.387 e. The van der Waals surface area contributed by atoms with Gasteiger partial charge in [0.2, 0.25) is 5.91 Å². The number of hydrogen-bond donors (Lipinski definition) is 0. The fourth-order valence-corrected chi connectivity index (χ4v) is 4.58. The van der Waals surface area contributed by atoms with Gasteiger partial charge in [0, 0.05) is 35.9 Å². The lowest BCUT2D eigenvalue weighted by Gasteiger charge is -2.39. The normalized spacial score (nSPS) is 18.9. The van der Waals surface area contributed by atoms with Crippen molar-refractivity contribution in [3.63, 3.8) is 0 Å². The van der Waals surface area contributed by atoms with E-state index in [-0.39, 0.29) is 23.7 Å². The molecule has 4 rings (SSSR count). The zero-order valence-electron chi connectivity index (χ0n) is 16.2. The summed E-state index contributed by atoms with van der Waals surface area (Å²) < 4.78 is 29.0. The number of amides is 1. The standard InChI is InChI=1S/C22H23ClF2N2O2/c1-14(15-2-5-19(6-3-15)29-22(24)25)26-10-8-18(9-11-26)27-20-7-4-17(23)12-16(20)13-21(27)28/h2-7,12,14,18,22H,8-11,13H2,1H3. The topological polar surface area (TPSA) is 32.8 Å². The van der Waals surface area contributed by atoms with Gasteiger partial charge < -0.3 is 9.64 Å². The molecule has 29 heavy (non-hydrogen) atoms. The van der Waals surface area contributed by atoms with Gasteiger partial charge in [-0.25, -0.2) is 0 Å². The van der Waals surface area contributed by atoms with Gasteiger partial charge in [0.15, 0.2) is 0 Å². The first kappa shape index (κ1) is 20.1. The van der Waals surface area contributed by atoms with E-state index < -0.39 is 6.61 Å². The monoisotopic (exact) mass is 420 g/mol. The number of benzene rings is 2. The van der Waals surface area contributed by atoms with Gasteiger partial charge in [-0.05, 0) is 61.2 Å². The number of hydrogen-bond acceptors (Lipinski definition) is 3. The largest absolute Gasteiger partial charge is 0.435 e. The second kappa shape index (κ2) is 8.28. The number of halogens is 3. The summed E-state index contributed by atoms with van der Waals surface area (Å²) in [5.41, 5.74) is 3.05. The number of likely N-dealkylation sites (tertiary alicyclic amines) is 1. The lowest BCUT2D eigenvalue weighted by atomic mass is 9.99. The van der Waals surface area contributed by atoms with Crippen LogP contribution in [0, 0.1) is 0 Å². The molecule has 0 saturated carbocycles. The smallest absolute Gasteiger partial charge is 0.387 e. The van der Waals surface area contributed by atoms with E-state index in [9.17, 15) is 13.6 Å². The van der Waals surface area contributed by atoms with Crippen LogP contribution in [-0.2, 0) is 11.2 Å². The Morgan fingerprint density at radius 2 is 1.79 bits per heavy atom. The third-order valence-corrected chi connectivity index (χ3v) is 6.15. The number of alkyl halides is 2. The fourth-order valence-electron chi connectivity index (χ4n) is 4.38. The average Bonchev–Trinajstić information content (AvgIpc) is 3.02. The second-order valence-electron chi connectivity index (χ2n) is 7.60. The molecule has 0 spiro atoms. The number of fused-ring (bicyclic) bond motifs is 1. The number of nitrogens with zero attached hydrogens (tertiary/aromatic N) is 2. The number of anilines is 1. The average molecular weight is 421 g/mol. The minimum Gasteiger partial charge on any atom is -0.435 e. The predicted octanol–water partition coefficient (Wildman–Crippen LogP) is 5.06. The third kappa shape index (κ3) is 4.23. The second-order valence-corrected chi connectivity index (χ2v) is 8.04. The van der Waals surface area contributed by atoms with Crippen molar-refractivity contribution in [1.29, 1.82) is 0 Å². The van der Waals surface area contributed by atoms with Gasteiger partial charge in [-0.15, -0.1) is 0 Å². The van der Waals surface area contributed by atoms with Crippen LogP contribution >= 0.6 is 11.6 Å². The van der Waals surface area contributed by atoms with E-state index in [1.807, 2.05) is 35.2 Å². The molecule has 2 aromatic rings. The van der Waals surface area contributed by atoms with Crippen LogP contribution in [0.1, 0.15) is 36.9 Å². The zero-order chi connectivity index (χ0) is 20.5. The summed E-state index contributed by atoms with van der Waals surface area (Å²) in [6, 6.07) is 12.8. The van der Waals surface area contributed by atoms with Crippen LogP contribution in [-0.4, -0.2) is 36.5 Å². The molecule has 0 aliphatic carbocycles. The summed E-state index contributed by atoms with van der Waals surface area (Å²) in [5, 5.41) is 0.659. The molecular formula is C22H23ClF2N2O2. The number of piperidine rings is 1. The Hall–Kier alpha value is -2.18. The molecule has 2 aromatic carbocycles. The van der Waals surface area contributed by atoms with Crippen LogP contribution in [0.25, 0.3) is 0 Å². The molecule has 4 nitrogen and oxygen atoms in total. The van der Waals surface area contributed by atoms with E-state index in [0.29, 0.717) is 11.4 Å². The fraction of sp³-hybridized carbons (Fsp3) is 0.409. The zero-order valence-corrected chi connectivity index (χ0v) is 16.9. The highest BCUT2D eigenvalue weighted by Gasteiger charge is 2.35. The lowest BCUT2D eigenvalue weighted by Crippen LogP contribution is -2.46. The summed E-state index contributed by atoms with van der Waals surface area (Å²) in [7, 11) is 0. The summed E-state index contributed by atoms with van der Waals surface area (Å²) in [5.74, 6) is 0.310. The molecular weight excluding hydrogens is 398 g/mol. The van der Waals surface area contributed by atoms with Crippen LogP contribution < -0.4 is 9.64 Å². The highest BCUT2D eigenvalue weighted by Crippen LogP contribution is 2.36. The Labute approximate surface area is 174 Å². The van der Waals surface area contributed by atoms with Crippen LogP contribution in [0.3, 0.4) is 0 Å². The first-order valence-corrected chi connectivity index (χ1v) is 10.2. The molecule has 1 saturated heterocycles. The van der Waals surface area contributed by atoms with Crippen LogP contribution in [0.2, 0.25) is 5.02 Å². The molecule has 2 aliphatic rings. The number of carbonyl (C=O) groups is 1. The van der Waals surface area contributed by atoms with E-state index in [0.717, 1.165) is 42.7 Å². The molecule has 0 bridgehead atoms. The number of rotatable bonds is 5. The first-order chi connectivity index (χ1) is 13.9. The van der Waals surface area contributed by atoms with Crippen molar-refractivity contribution < 1.29 is 18.3 Å². The summed E-state index contributed by atoms with van der Waals surface area (Å²) in [6.07, 6.45) is 2.20. The van der Waals surface area contributed by atoms with Crippen molar-refractivity contribution in [1.82, 2.24) is 4.90 Å². The Balaban J connectivity index is 1.39. The summed E-state index contributed by atoms with van der Waals surface area (Å²) in [4.78, 5) is 16.9. The Kier molecular flexibility index (Phi) is 5.74. The van der Waals surface area contributed by atoms with E-state index in [4.69, 9.17) is 11.6 Å². The molecule has 0 aromatic heterocycles. The molecule has 1 fully saturated rings. The van der Waals surface area contributed by atoms with E-state index in [2.05, 4.69) is 16.6 Å². The molecule has 1 amide bonds. The molecule has 1 unspecified atom stereocenters. The summed E-state index contributed by atoms with van der Waals surface area (Å²) >= 11 is 6.07. The predicted molar refractivity (Wildman–Crippen MR) is 109 cm³/mol. The van der Waals surface area contributed by atoms with E-state index >= 15 is 0 Å². The molecule has 2 aliphatic heterocycles. The Morgan fingerprint density at radius 3 is 2.45 bits per heavy atom. The SMILES string of the molecule is CC(c1ccc(OC(F)F)cc1)N1CCC(N2C(=O)Cc3cc(Cl)ccc32)CC1. The van der Waals surface area contributed by atoms with Crippen molar-refractivity contribution >= 4 is 23.2 Å². The van der Waals surface area contributed by atoms with Gasteiger partial charge >= 0.3 is 6.61 Å². The molecule has 7 heteroatoms. The highest BCUT2D eigenvalue weighted by atomic mass is 35.5. The maximum absolute atomic E-state index is 12.6.